The summed E-state index contributed by atoms with van der Waals surface area (Å²) in [6, 6.07) is 7.93. The smallest absolute Gasteiger partial charge is 0.273 e. The van der Waals surface area contributed by atoms with Gasteiger partial charge in [-0.3, -0.25) is 9.69 Å². The van der Waals surface area contributed by atoms with Crippen LogP contribution in [-0.4, -0.2) is 53.4 Å². The topological polar surface area (TPSA) is 62.5 Å². The summed E-state index contributed by atoms with van der Waals surface area (Å²) >= 11 is 7.54. The van der Waals surface area contributed by atoms with Gasteiger partial charge in [0.25, 0.3) is 5.91 Å². The van der Waals surface area contributed by atoms with Crippen molar-refractivity contribution in [1.29, 1.82) is 0 Å². The molecule has 1 saturated heterocycles. The molecule has 1 amide bonds. The van der Waals surface area contributed by atoms with E-state index in [1.807, 2.05) is 28.5 Å². The van der Waals surface area contributed by atoms with Crippen molar-refractivity contribution >= 4 is 53.7 Å². The number of carbonyl (C=O) groups excluding carboxylic acids is 1. The summed E-state index contributed by atoms with van der Waals surface area (Å²) in [6.45, 7) is 4.59. The molecular weight excluding hydrogens is 415 g/mol. The SMILES string of the molecule is Cl.Cl.NCCc1nc(C(=O)N2CCN(Cc3cccc(Cl)c3)CC2)cs1. The molecule has 0 spiro atoms. The highest BCUT2D eigenvalue weighted by atomic mass is 35.5. The second kappa shape index (κ2) is 11.1. The first-order chi connectivity index (χ1) is 11.7. The van der Waals surface area contributed by atoms with Crippen molar-refractivity contribution in [2.75, 3.05) is 32.7 Å². The van der Waals surface area contributed by atoms with Crippen molar-refractivity contribution in [3.8, 4) is 0 Å². The van der Waals surface area contributed by atoms with E-state index in [1.165, 1.54) is 16.9 Å². The van der Waals surface area contributed by atoms with Crippen LogP contribution in [0.1, 0.15) is 21.1 Å². The van der Waals surface area contributed by atoms with Crippen LogP contribution in [0.5, 0.6) is 0 Å². The fourth-order valence-corrected chi connectivity index (χ4v) is 3.81. The first-order valence-electron chi connectivity index (χ1n) is 8.06. The Hall–Kier alpha value is -0.890. The van der Waals surface area contributed by atoms with Gasteiger partial charge in [-0.15, -0.1) is 36.2 Å². The van der Waals surface area contributed by atoms with Crippen LogP contribution in [0.15, 0.2) is 29.6 Å². The molecule has 0 bridgehead atoms. The minimum Gasteiger partial charge on any atom is -0.335 e. The number of nitrogens with two attached hydrogens (primary N) is 1. The van der Waals surface area contributed by atoms with E-state index >= 15 is 0 Å². The lowest BCUT2D eigenvalue weighted by molar-refractivity contribution is 0.0623. The molecule has 3 rings (SSSR count). The number of rotatable bonds is 5. The van der Waals surface area contributed by atoms with Crippen LogP contribution < -0.4 is 5.73 Å². The second-order valence-corrected chi connectivity index (χ2v) is 7.24. The molecule has 2 heterocycles. The molecule has 1 aliphatic rings. The number of aromatic nitrogens is 1. The quantitative estimate of drug-likeness (QED) is 0.781. The Morgan fingerprint density at radius 1 is 1.23 bits per heavy atom. The van der Waals surface area contributed by atoms with Crippen LogP contribution in [0.2, 0.25) is 5.02 Å². The molecule has 2 aromatic rings. The zero-order chi connectivity index (χ0) is 16.9. The molecule has 26 heavy (non-hydrogen) atoms. The molecule has 1 fully saturated rings. The molecule has 0 saturated carbocycles. The van der Waals surface area contributed by atoms with Gasteiger partial charge >= 0.3 is 0 Å². The Labute approximate surface area is 175 Å². The van der Waals surface area contributed by atoms with Gasteiger partial charge in [0.2, 0.25) is 0 Å². The van der Waals surface area contributed by atoms with E-state index in [0.29, 0.717) is 12.2 Å². The maximum atomic E-state index is 12.5. The third-order valence-corrected chi connectivity index (χ3v) is 5.23. The number of thiazole rings is 1. The molecule has 1 aliphatic heterocycles. The Morgan fingerprint density at radius 3 is 2.62 bits per heavy atom. The Morgan fingerprint density at radius 2 is 1.96 bits per heavy atom. The first kappa shape index (κ1) is 23.1. The lowest BCUT2D eigenvalue weighted by atomic mass is 10.2. The van der Waals surface area contributed by atoms with E-state index < -0.39 is 0 Å². The molecule has 5 nitrogen and oxygen atoms in total. The molecule has 9 heteroatoms. The standard InChI is InChI=1S/C17H21ClN4OS.2ClH/c18-14-3-1-2-13(10-14)11-21-6-8-22(9-7-21)17(23)15-12-24-16(20-15)4-5-19;;/h1-3,10,12H,4-9,11,19H2;2*1H. The minimum atomic E-state index is 0. The van der Waals surface area contributed by atoms with Gasteiger partial charge in [-0.2, -0.15) is 0 Å². The summed E-state index contributed by atoms with van der Waals surface area (Å²) < 4.78 is 0. The molecule has 0 aliphatic carbocycles. The van der Waals surface area contributed by atoms with Crippen LogP contribution in [0.25, 0.3) is 0 Å². The van der Waals surface area contributed by atoms with Gasteiger partial charge in [0.15, 0.2) is 0 Å². The normalized spacial score (nSPS) is 14.5. The third kappa shape index (κ3) is 6.08. The monoisotopic (exact) mass is 436 g/mol. The lowest BCUT2D eigenvalue weighted by Crippen LogP contribution is -2.48. The van der Waals surface area contributed by atoms with Crippen molar-refractivity contribution in [2.45, 2.75) is 13.0 Å². The number of piperazine rings is 1. The Balaban J connectivity index is 0.00000169. The summed E-state index contributed by atoms with van der Waals surface area (Å²) in [5.41, 5.74) is 7.28. The summed E-state index contributed by atoms with van der Waals surface area (Å²) in [7, 11) is 0. The molecule has 144 valence electrons. The van der Waals surface area contributed by atoms with Crippen molar-refractivity contribution < 1.29 is 4.79 Å². The van der Waals surface area contributed by atoms with E-state index in [0.717, 1.165) is 49.2 Å². The average Bonchev–Trinajstić information content (AvgIpc) is 3.04. The van der Waals surface area contributed by atoms with Gasteiger partial charge < -0.3 is 10.6 Å². The highest BCUT2D eigenvalue weighted by molar-refractivity contribution is 7.09. The van der Waals surface area contributed by atoms with Gasteiger partial charge in [-0.25, -0.2) is 4.98 Å². The predicted molar refractivity (Wildman–Crippen MR) is 112 cm³/mol. The van der Waals surface area contributed by atoms with Crippen LogP contribution in [0, 0.1) is 0 Å². The second-order valence-electron chi connectivity index (χ2n) is 5.86. The molecule has 1 aromatic heterocycles. The molecular formula is C17H23Cl3N4OS. The zero-order valence-corrected chi connectivity index (χ0v) is 17.5. The summed E-state index contributed by atoms with van der Waals surface area (Å²) in [4.78, 5) is 21.1. The average molecular weight is 438 g/mol. The first-order valence-corrected chi connectivity index (χ1v) is 9.32. The molecule has 2 N–H and O–H groups in total. The number of hydrogen-bond donors (Lipinski definition) is 1. The summed E-state index contributed by atoms with van der Waals surface area (Å²) in [5, 5.41) is 3.53. The molecule has 0 radical (unpaired) electrons. The van der Waals surface area contributed by atoms with Gasteiger partial charge in [-0.05, 0) is 24.2 Å². The molecule has 0 unspecified atom stereocenters. The zero-order valence-electron chi connectivity index (χ0n) is 14.3. The number of hydrogen-bond acceptors (Lipinski definition) is 5. The van der Waals surface area contributed by atoms with Crippen LogP contribution >= 0.6 is 47.8 Å². The maximum absolute atomic E-state index is 12.5. The van der Waals surface area contributed by atoms with Crippen molar-refractivity contribution in [2.24, 2.45) is 5.73 Å². The number of amides is 1. The number of carbonyl (C=O) groups is 1. The Bertz CT molecular complexity index is 705. The third-order valence-electron chi connectivity index (χ3n) is 4.08. The maximum Gasteiger partial charge on any atom is 0.273 e. The van der Waals surface area contributed by atoms with E-state index in [-0.39, 0.29) is 30.7 Å². The van der Waals surface area contributed by atoms with Crippen molar-refractivity contribution in [3.05, 3.63) is 50.9 Å². The van der Waals surface area contributed by atoms with Crippen LogP contribution in [0.3, 0.4) is 0 Å². The van der Waals surface area contributed by atoms with E-state index in [2.05, 4.69) is 16.0 Å². The van der Waals surface area contributed by atoms with E-state index in [4.69, 9.17) is 17.3 Å². The Kier molecular flexibility index (Phi) is 9.85. The van der Waals surface area contributed by atoms with Gasteiger partial charge in [0.1, 0.15) is 5.69 Å². The van der Waals surface area contributed by atoms with Gasteiger partial charge in [-0.1, -0.05) is 23.7 Å². The van der Waals surface area contributed by atoms with Gasteiger partial charge in [0.05, 0.1) is 5.01 Å². The van der Waals surface area contributed by atoms with E-state index in [1.54, 1.807) is 0 Å². The van der Waals surface area contributed by atoms with Crippen molar-refractivity contribution in [3.63, 3.8) is 0 Å². The highest BCUT2D eigenvalue weighted by Crippen LogP contribution is 2.16. The van der Waals surface area contributed by atoms with Crippen LogP contribution in [-0.2, 0) is 13.0 Å². The largest absolute Gasteiger partial charge is 0.335 e. The van der Waals surface area contributed by atoms with Crippen molar-refractivity contribution in [1.82, 2.24) is 14.8 Å². The number of nitrogens with zero attached hydrogens (tertiary/aromatic N) is 3. The fourth-order valence-electron chi connectivity index (χ4n) is 2.81. The van der Waals surface area contributed by atoms with Gasteiger partial charge in [0, 0.05) is 49.5 Å². The summed E-state index contributed by atoms with van der Waals surface area (Å²) in [5.74, 6) is 0.0249. The predicted octanol–water partition coefficient (Wildman–Crippen LogP) is 3.10. The molecule has 1 aromatic carbocycles. The minimum absolute atomic E-state index is 0. The summed E-state index contributed by atoms with van der Waals surface area (Å²) in [6.07, 6.45) is 0.728. The number of halogens is 3. The lowest BCUT2D eigenvalue weighted by Gasteiger charge is -2.34. The fraction of sp³-hybridized carbons (Fsp3) is 0.412. The highest BCUT2D eigenvalue weighted by Gasteiger charge is 2.23. The number of benzene rings is 1. The van der Waals surface area contributed by atoms with E-state index in [9.17, 15) is 4.79 Å². The van der Waals surface area contributed by atoms with Crippen LogP contribution in [0.4, 0.5) is 0 Å². The molecule has 0 atom stereocenters.